The highest BCUT2D eigenvalue weighted by molar-refractivity contribution is 4.90. The van der Waals surface area contributed by atoms with Crippen LogP contribution in [0.1, 0.15) is 0 Å². The van der Waals surface area contributed by atoms with Gasteiger partial charge in [-0.2, -0.15) is 0 Å². The van der Waals surface area contributed by atoms with Crippen molar-refractivity contribution in [3.8, 4) is 0 Å². The minimum Gasteiger partial charge on any atom is -0.394 e. The van der Waals surface area contributed by atoms with Gasteiger partial charge < -0.3 is 60.9 Å². The minimum atomic E-state index is -3.66. The summed E-state index contributed by atoms with van der Waals surface area (Å²) in [6.45, 7) is -1.84. The van der Waals surface area contributed by atoms with Crippen molar-refractivity contribution in [2.45, 2.75) is 61.1 Å². The first-order valence-corrected chi connectivity index (χ1v) is 7.24. The lowest BCUT2D eigenvalue weighted by Crippen LogP contribution is -2.64. The molecule has 0 saturated carbocycles. The maximum atomic E-state index is 9.71. The SMILES string of the molecule is OC[C@@H](O)[C@@H](O)[C@H](O)[C@H](O)C(O)(O)O[C@@H]1O[C@H](CO)[C@@H](O)[C@H](O)[C@H]1O. The van der Waals surface area contributed by atoms with Gasteiger partial charge in [0.25, 0.3) is 0 Å². The Morgan fingerprint density at radius 1 is 0.880 bits per heavy atom. The Balaban J connectivity index is 2.84. The van der Waals surface area contributed by atoms with E-state index in [2.05, 4.69) is 4.74 Å². The lowest BCUT2D eigenvalue weighted by atomic mass is 9.99. The summed E-state index contributed by atoms with van der Waals surface area (Å²) in [5.74, 6) is -3.66. The Kier molecular flexibility index (Phi) is 8.03. The van der Waals surface area contributed by atoms with Crippen LogP contribution in [0.15, 0.2) is 0 Å². The molecule has 13 nitrogen and oxygen atoms in total. The number of rotatable bonds is 8. The molecule has 11 N–H and O–H groups in total. The first-order valence-electron chi connectivity index (χ1n) is 7.24. The summed E-state index contributed by atoms with van der Waals surface area (Å²) in [6, 6.07) is 0. The molecule has 150 valence electrons. The normalized spacial score (nSPS) is 35.9. The highest BCUT2D eigenvalue weighted by Gasteiger charge is 2.51. The van der Waals surface area contributed by atoms with Crippen molar-refractivity contribution >= 4 is 0 Å². The van der Waals surface area contributed by atoms with Crippen LogP contribution in [0.2, 0.25) is 0 Å². The lowest BCUT2D eigenvalue weighted by Gasteiger charge is -2.42. The summed E-state index contributed by atoms with van der Waals surface area (Å²) in [4.78, 5) is 0. The number of aliphatic hydroxyl groups is 11. The van der Waals surface area contributed by atoms with Gasteiger partial charge >= 0.3 is 5.97 Å². The zero-order valence-corrected chi connectivity index (χ0v) is 12.8. The molecule has 0 aromatic carbocycles. The molecule has 0 radical (unpaired) electrons. The summed E-state index contributed by atoms with van der Waals surface area (Å²) in [7, 11) is 0. The summed E-state index contributed by atoms with van der Waals surface area (Å²) in [5, 5.41) is 104. The smallest absolute Gasteiger partial charge is 0.310 e. The van der Waals surface area contributed by atoms with Crippen molar-refractivity contribution in [2.75, 3.05) is 13.2 Å². The highest BCUT2D eigenvalue weighted by Crippen LogP contribution is 2.26. The topological polar surface area (TPSA) is 241 Å². The molecule has 1 aliphatic heterocycles. The highest BCUT2D eigenvalue weighted by atomic mass is 16.8. The van der Waals surface area contributed by atoms with E-state index in [0.717, 1.165) is 0 Å². The van der Waals surface area contributed by atoms with E-state index in [-0.39, 0.29) is 0 Å². The average molecular weight is 376 g/mol. The van der Waals surface area contributed by atoms with Crippen LogP contribution in [0.5, 0.6) is 0 Å². The standard InChI is InChI=1S/C12H24O13/c13-1-3(15)5(16)8(19)10(21)12(22,23)25-11-9(20)7(18)6(17)4(2-14)24-11/h3-11,13-23H,1-2H2/t3-,4-,5-,6-,7+,8+,9-,10+,11+/m1/s1. The van der Waals surface area contributed by atoms with E-state index in [1.807, 2.05) is 0 Å². The van der Waals surface area contributed by atoms with Gasteiger partial charge in [0.15, 0.2) is 12.4 Å². The fourth-order valence-electron chi connectivity index (χ4n) is 2.15. The molecule has 0 aromatic heterocycles. The molecule has 0 unspecified atom stereocenters. The Bertz CT molecular complexity index is 404. The molecular formula is C12H24O13. The van der Waals surface area contributed by atoms with Gasteiger partial charge in [-0.05, 0) is 0 Å². The van der Waals surface area contributed by atoms with Gasteiger partial charge in [0.2, 0.25) is 0 Å². The number of ether oxygens (including phenoxy) is 2. The van der Waals surface area contributed by atoms with Crippen molar-refractivity contribution in [3.63, 3.8) is 0 Å². The van der Waals surface area contributed by atoms with Crippen molar-refractivity contribution in [3.05, 3.63) is 0 Å². The third-order valence-corrected chi connectivity index (χ3v) is 3.78. The largest absolute Gasteiger partial charge is 0.394 e. The molecule has 0 aromatic rings. The fourth-order valence-corrected chi connectivity index (χ4v) is 2.15. The second-order valence-electron chi connectivity index (χ2n) is 5.65. The second kappa shape index (κ2) is 8.92. The van der Waals surface area contributed by atoms with Gasteiger partial charge in [-0.15, -0.1) is 0 Å². The molecule has 1 fully saturated rings. The van der Waals surface area contributed by atoms with Gasteiger partial charge in [0, 0.05) is 0 Å². The molecule has 0 aliphatic carbocycles. The molecule has 25 heavy (non-hydrogen) atoms. The summed E-state index contributed by atoms with van der Waals surface area (Å²) in [5.41, 5.74) is 0. The van der Waals surface area contributed by atoms with E-state index in [0.29, 0.717) is 0 Å². The minimum absolute atomic E-state index is 0.832. The maximum Gasteiger partial charge on any atom is 0.310 e. The molecule has 0 spiro atoms. The molecule has 0 bridgehead atoms. The number of aliphatic hydroxyl groups excluding tert-OH is 9. The molecule has 1 saturated heterocycles. The Labute approximate surface area is 141 Å². The number of hydrogen-bond donors (Lipinski definition) is 11. The lowest BCUT2D eigenvalue weighted by molar-refractivity contribution is -0.450. The molecule has 0 amide bonds. The zero-order valence-electron chi connectivity index (χ0n) is 12.8. The molecule has 1 rings (SSSR count). The van der Waals surface area contributed by atoms with Crippen LogP contribution in [-0.4, -0.2) is 130 Å². The molecular weight excluding hydrogens is 352 g/mol. The van der Waals surface area contributed by atoms with Gasteiger partial charge in [0.1, 0.15) is 42.7 Å². The van der Waals surface area contributed by atoms with Crippen LogP contribution in [0.4, 0.5) is 0 Å². The van der Waals surface area contributed by atoms with E-state index < -0.39 is 74.3 Å². The van der Waals surface area contributed by atoms with E-state index in [1.54, 1.807) is 0 Å². The van der Waals surface area contributed by atoms with Gasteiger partial charge in [0.05, 0.1) is 13.2 Å². The Hall–Kier alpha value is -0.520. The third kappa shape index (κ3) is 5.01. The Morgan fingerprint density at radius 2 is 1.44 bits per heavy atom. The van der Waals surface area contributed by atoms with Crippen LogP contribution in [0.3, 0.4) is 0 Å². The first-order chi connectivity index (χ1) is 11.5. The zero-order chi connectivity index (χ0) is 19.5. The molecule has 13 heteroatoms. The summed E-state index contributed by atoms with van der Waals surface area (Å²) < 4.78 is 9.31. The maximum absolute atomic E-state index is 9.71. The van der Waals surface area contributed by atoms with E-state index in [4.69, 9.17) is 14.9 Å². The van der Waals surface area contributed by atoms with Crippen LogP contribution < -0.4 is 0 Å². The van der Waals surface area contributed by atoms with E-state index in [9.17, 15) is 46.0 Å². The van der Waals surface area contributed by atoms with Crippen LogP contribution in [-0.2, 0) is 9.47 Å². The summed E-state index contributed by atoms with van der Waals surface area (Å²) >= 11 is 0. The Morgan fingerprint density at radius 3 is 1.92 bits per heavy atom. The predicted octanol–water partition coefficient (Wildman–Crippen LogP) is -7.12. The molecule has 1 heterocycles. The monoisotopic (exact) mass is 376 g/mol. The number of hydrogen-bond acceptors (Lipinski definition) is 13. The second-order valence-corrected chi connectivity index (χ2v) is 5.65. The fraction of sp³-hybridized carbons (Fsp3) is 1.00. The van der Waals surface area contributed by atoms with Crippen molar-refractivity contribution in [1.29, 1.82) is 0 Å². The average Bonchev–Trinajstić information content (AvgIpc) is 2.59. The first kappa shape index (κ1) is 22.5. The van der Waals surface area contributed by atoms with Crippen LogP contribution in [0.25, 0.3) is 0 Å². The van der Waals surface area contributed by atoms with Crippen LogP contribution in [0, 0.1) is 0 Å². The van der Waals surface area contributed by atoms with Crippen molar-refractivity contribution in [2.24, 2.45) is 0 Å². The van der Waals surface area contributed by atoms with Gasteiger partial charge in [-0.1, -0.05) is 0 Å². The van der Waals surface area contributed by atoms with Crippen molar-refractivity contribution < 1.29 is 65.6 Å². The third-order valence-electron chi connectivity index (χ3n) is 3.78. The summed E-state index contributed by atoms with van der Waals surface area (Å²) in [6.07, 6.45) is -18.4. The predicted molar refractivity (Wildman–Crippen MR) is 73.1 cm³/mol. The molecule has 1 aliphatic rings. The van der Waals surface area contributed by atoms with Crippen LogP contribution >= 0.6 is 0 Å². The van der Waals surface area contributed by atoms with Gasteiger partial charge in [-0.25, -0.2) is 0 Å². The molecule has 9 atom stereocenters. The van der Waals surface area contributed by atoms with E-state index >= 15 is 0 Å². The van der Waals surface area contributed by atoms with Crippen molar-refractivity contribution in [1.82, 2.24) is 0 Å². The van der Waals surface area contributed by atoms with Gasteiger partial charge in [-0.3, -0.25) is 4.74 Å². The van der Waals surface area contributed by atoms with E-state index in [1.165, 1.54) is 0 Å². The quantitative estimate of drug-likeness (QED) is 0.177.